The first-order chi connectivity index (χ1) is 20.1. The van der Waals surface area contributed by atoms with Crippen LogP contribution in [0.2, 0.25) is 0 Å². The number of aliphatic hydroxyl groups is 1. The van der Waals surface area contributed by atoms with Crippen molar-refractivity contribution >= 4 is 29.5 Å². The summed E-state index contributed by atoms with van der Waals surface area (Å²) in [6.07, 6.45) is -2.24. The minimum atomic E-state index is -1.58. The predicted molar refractivity (Wildman–Crippen MR) is 165 cm³/mol. The number of nitrogens with zero attached hydrogens (tertiary/aromatic N) is 1. The van der Waals surface area contributed by atoms with Crippen molar-refractivity contribution in [1.82, 2.24) is 15.5 Å². The molecule has 1 aliphatic rings. The molecule has 1 aliphatic heterocycles. The molecule has 3 aromatic rings. The fraction of sp³-hybridized carbons (Fsp3) is 0.364. The van der Waals surface area contributed by atoms with Gasteiger partial charge in [0.2, 0.25) is 5.91 Å². The average Bonchev–Trinajstić information content (AvgIpc) is 3.31. The number of thioether (sulfide) groups is 1. The van der Waals surface area contributed by atoms with E-state index in [1.807, 2.05) is 93.6 Å². The second-order valence-electron chi connectivity index (χ2n) is 11.1. The Morgan fingerprint density at radius 3 is 2.29 bits per heavy atom. The summed E-state index contributed by atoms with van der Waals surface area (Å²) in [5.41, 5.74) is 2.89. The normalized spacial score (nSPS) is 18.0. The molecule has 4 rings (SSSR count). The largest absolute Gasteiger partial charge is 0.481 e. The Kier molecular flexibility index (Phi) is 10.3. The zero-order valence-electron chi connectivity index (χ0n) is 24.4. The van der Waals surface area contributed by atoms with E-state index in [0.29, 0.717) is 12.3 Å². The third kappa shape index (κ3) is 7.72. The molecule has 9 heteroatoms. The molecule has 3 aromatic carbocycles. The minimum Gasteiger partial charge on any atom is -0.481 e. The van der Waals surface area contributed by atoms with Gasteiger partial charge < -0.3 is 25.4 Å². The lowest BCUT2D eigenvalue weighted by atomic mass is 9.97. The minimum absolute atomic E-state index is 0.214. The second kappa shape index (κ2) is 13.9. The van der Waals surface area contributed by atoms with Crippen LogP contribution < -0.4 is 15.4 Å². The van der Waals surface area contributed by atoms with E-state index in [4.69, 9.17) is 4.74 Å². The Bertz CT molecular complexity index is 1370. The number of para-hydroxylation sites is 1. The topological polar surface area (TPSA) is 108 Å². The van der Waals surface area contributed by atoms with Gasteiger partial charge in [0.25, 0.3) is 11.8 Å². The zero-order chi connectivity index (χ0) is 30.3. The Balaban J connectivity index is 1.50. The van der Waals surface area contributed by atoms with Gasteiger partial charge in [-0.15, -0.1) is 11.8 Å². The first kappa shape index (κ1) is 31.1. The van der Waals surface area contributed by atoms with Gasteiger partial charge >= 0.3 is 0 Å². The molecule has 4 unspecified atom stereocenters. The summed E-state index contributed by atoms with van der Waals surface area (Å²) in [6, 6.07) is 24.4. The van der Waals surface area contributed by atoms with Crippen LogP contribution in [0.15, 0.2) is 84.9 Å². The molecule has 0 aliphatic carbocycles. The van der Waals surface area contributed by atoms with Gasteiger partial charge in [-0.2, -0.15) is 0 Å². The number of rotatable bonds is 11. The Hall–Kier alpha value is -3.82. The Labute approximate surface area is 251 Å². The summed E-state index contributed by atoms with van der Waals surface area (Å²) < 4.78 is 5.19. The zero-order valence-corrected chi connectivity index (χ0v) is 25.3. The average molecular weight is 590 g/mol. The quantitative estimate of drug-likeness (QED) is 0.314. The van der Waals surface area contributed by atoms with Crippen LogP contribution in [0.5, 0.6) is 5.75 Å². The van der Waals surface area contributed by atoms with E-state index < -0.39 is 40.9 Å². The molecular formula is C33H39N3O5S. The number of benzene rings is 3. The Morgan fingerprint density at radius 1 is 1.00 bits per heavy atom. The third-order valence-electron chi connectivity index (χ3n) is 7.48. The maximum absolute atomic E-state index is 13.9. The number of hydrogen-bond acceptors (Lipinski definition) is 6. The highest BCUT2D eigenvalue weighted by molar-refractivity contribution is 8.00. The number of carbonyl (C=O) groups excluding carboxylic acids is 3. The standard InChI is InChI=1S/C33H39N3O5S/c1-22-13-11-12-16-25(22)20-34-31(39)29-33(3,4)42-21-36(29)32(40)28(37)27(19-24-14-7-5-8-15-24)35-30(38)23(2)41-26-17-9-6-10-18-26/h5-18,23,27-29,37H,19-21H2,1-4H3,(H,34,39)(H,35,38). The van der Waals surface area contributed by atoms with E-state index in [-0.39, 0.29) is 18.2 Å². The first-order valence-electron chi connectivity index (χ1n) is 14.1. The van der Waals surface area contributed by atoms with Crippen LogP contribution in [-0.4, -0.2) is 62.6 Å². The lowest BCUT2D eigenvalue weighted by molar-refractivity contribution is -0.148. The fourth-order valence-electron chi connectivity index (χ4n) is 5.01. The van der Waals surface area contributed by atoms with E-state index in [0.717, 1.165) is 16.7 Å². The lowest BCUT2D eigenvalue weighted by Gasteiger charge is -2.33. The van der Waals surface area contributed by atoms with E-state index in [2.05, 4.69) is 10.6 Å². The number of carbonyl (C=O) groups is 3. The molecule has 0 spiro atoms. The molecule has 3 amide bonds. The SMILES string of the molecule is Cc1ccccc1CNC(=O)C1N(C(=O)C(O)C(Cc2ccccc2)NC(=O)C(C)Oc2ccccc2)CSC1(C)C. The molecule has 1 heterocycles. The fourth-order valence-corrected chi connectivity index (χ4v) is 6.15. The van der Waals surface area contributed by atoms with Crippen LogP contribution in [0.4, 0.5) is 0 Å². The van der Waals surface area contributed by atoms with Crippen molar-refractivity contribution in [2.45, 2.75) is 69.7 Å². The van der Waals surface area contributed by atoms with Crippen molar-refractivity contribution in [2.24, 2.45) is 0 Å². The predicted octanol–water partition coefficient (Wildman–Crippen LogP) is 3.85. The van der Waals surface area contributed by atoms with Crippen molar-refractivity contribution in [2.75, 3.05) is 5.88 Å². The van der Waals surface area contributed by atoms with Gasteiger partial charge in [0, 0.05) is 11.3 Å². The summed E-state index contributed by atoms with van der Waals surface area (Å²) >= 11 is 1.48. The molecule has 3 N–H and O–H groups in total. The number of amides is 3. The molecule has 1 saturated heterocycles. The van der Waals surface area contributed by atoms with Gasteiger partial charge in [0.1, 0.15) is 11.8 Å². The number of aliphatic hydroxyl groups excluding tert-OH is 1. The molecule has 222 valence electrons. The maximum atomic E-state index is 13.9. The number of aryl methyl sites for hydroxylation is 1. The maximum Gasteiger partial charge on any atom is 0.261 e. The van der Waals surface area contributed by atoms with Crippen molar-refractivity contribution in [3.05, 3.63) is 102 Å². The van der Waals surface area contributed by atoms with Gasteiger partial charge in [0.05, 0.1) is 11.9 Å². The highest BCUT2D eigenvalue weighted by atomic mass is 32.2. The van der Waals surface area contributed by atoms with Crippen LogP contribution in [0, 0.1) is 6.92 Å². The lowest BCUT2D eigenvalue weighted by Crippen LogP contribution is -2.59. The second-order valence-corrected chi connectivity index (χ2v) is 12.7. The molecule has 0 bridgehead atoms. The molecule has 0 aromatic heterocycles. The Morgan fingerprint density at radius 2 is 1.62 bits per heavy atom. The summed E-state index contributed by atoms with van der Waals surface area (Å²) in [6.45, 7) is 7.77. The van der Waals surface area contributed by atoms with Crippen LogP contribution in [0.3, 0.4) is 0 Å². The van der Waals surface area contributed by atoms with E-state index in [1.165, 1.54) is 16.7 Å². The number of ether oxygens (including phenoxy) is 1. The molecule has 0 radical (unpaired) electrons. The van der Waals surface area contributed by atoms with Crippen LogP contribution in [-0.2, 0) is 27.3 Å². The van der Waals surface area contributed by atoms with E-state index >= 15 is 0 Å². The molecule has 4 atom stereocenters. The van der Waals surface area contributed by atoms with Crippen molar-refractivity contribution < 1.29 is 24.2 Å². The molecule has 42 heavy (non-hydrogen) atoms. The summed E-state index contributed by atoms with van der Waals surface area (Å²) in [4.78, 5) is 42.0. The number of nitrogens with one attached hydrogen (secondary N) is 2. The molecular weight excluding hydrogens is 550 g/mol. The van der Waals surface area contributed by atoms with Gasteiger partial charge in [-0.25, -0.2) is 0 Å². The van der Waals surface area contributed by atoms with Gasteiger partial charge in [-0.3, -0.25) is 14.4 Å². The summed E-state index contributed by atoms with van der Waals surface area (Å²) in [5.74, 6) is -0.586. The highest BCUT2D eigenvalue weighted by Gasteiger charge is 2.49. The van der Waals surface area contributed by atoms with E-state index in [9.17, 15) is 19.5 Å². The smallest absolute Gasteiger partial charge is 0.261 e. The first-order valence-corrected chi connectivity index (χ1v) is 15.1. The summed E-state index contributed by atoms with van der Waals surface area (Å²) in [7, 11) is 0. The van der Waals surface area contributed by atoms with Gasteiger partial charge in [-0.05, 0) is 62.9 Å². The summed E-state index contributed by atoms with van der Waals surface area (Å²) in [5, 5.41) is 17.3. The van der Waals surface area contributed by atoms with Crippen molar-refractivity contribution in [3.8, 4) is 5.75 Å². The molecule has 0 saturated carbocycles. The van der Waals surface area contributed by atoms with Crippen LogP contribution >= 0.6 is 11.8 Å². The van der Waals surface area contributed by atoms with Crippen molar-refractivity contribution in [3.63, 3.8) is 0 Å². The number of hydrogen-bond donors (Lipinski definition) is 3. The van der Waals surface area contributed by atoms with Crippen LogP contribution in [0.1, 0.15) is 37.5 Å². The highest BCUT2D eigenvalue weighted by Crippen LogP contribution is 2.40. The van der Waals surface area contributed by atoms with E-state index in [1.54, 1.807) is 19.1 Å². The van der Waals surface area contributed by atoms with Crippen LogP contribution in [0.25, 0.3) is 0 Å². The molecule has 1 fully saturated rings. The van der Waals surface area contributed by atoms with Crippen molar-refractivity contribution in [1.29, 1.82) is 0 Å². The third-order valence-corrected chi connectivity index (χ3v) is 8.85. The monoisotopic (exact) mass is 589 g/mol. The molecule has 8 nitrogen and oxygen atoms in total. The van der Waals surface area contributed by atoms with Gasteiger partial charge in [-0.1, -0.05) is 72.8 Å². The van der Waals surface area contributed by atoms with Gasteiger partial charge in [0.15, 0.2) is 12.2 Å².